The Morgan fingerprint density at radius 1 is 1.00 bits per heavy atom. The maximum atomic E-state index is 13.4. The molecule has 2 aromatic rings. The summed E-state index contributed by atoms with van der Waals surface area (Å²) in [6.07, 6.45) is 1.33. The molecular weight excluding hydrogens is 451 g/mol. The van der Waals surface area contributed by atoms with Gasteiger partial charge in [-0.2, -0.15) is 0 Å². The summed E-state index contributed by atoms with van der Waals surface area (Å²) in [6.45, 7) is 2.18. The number of piperazine rings is 1. The molecule has 34 heavy (non-hydrogen) atoms. The Morgan fingerprint density at radius 3 is 2.24 bits per heavy atom. The Kier molecular flexibility index (Phi) is 7.77. The Labute approximate surface area is 194 Å². The molecule has 2 aromatic carbocycles. The van der Waals surface area contributed by atoms with Crippen LogP contribution in [0.3, 0.4) is 0 Å². The van der Waals surface area contributed by atoms with Crippen molar-refractivity contribution in [3.8, 4) is 0 Å². The van der Waals surface area contributed by atoms with E-state index in [2.05, 4.69) is 10.6 Å². The fraction of sp³-hybridized carbons (Fsp3) is 0.261. The maximum absolute atomic E-state index is 13.4. The van der Waals surface area contributed by atoms with Crippen molar-refractivity contribution in [2.24, 2.45) is 5.73 Å². The van der Waals surface area contributed by atoms with Crippen molar-refractivity contribution in [3.05, 3.63) is 76.9 Å². The Bertz CT molecular complexity index is 1110. The molecule has 0 radical (unpaired) electrons. The monoisotopic (exact) mass is 475 g/mol. The van der Waals surface area contributed by atoms with Crippen molar-refractivity contribution >= 4 is 23.4 Å². The second kappa shape index (κ2) is 10.7. The molecule has 4 N–H and O–H groups in total. The molecule has 180 valence electrons. The summed E-state index contributed by atoms with van der Waals surface area (Å²) >= 11 is 0. The first-order valence-corrected chi connectivity index (χ1v) is 10.4. The largest absolute Gasteiger partial charge is 0.393 e. The minimum absolute atomic E-state index is 0.108. The van der Waals surface area contributed by atoms with Crippen LogP contribution in [-0.4, -0.2) is 60.2 Å². The summed E-state index contributed by atoms with van der Waals surface area (Å²) in [5.41, 5.74) is 7.11. The summed E-state index contributed by atoms with van der Waals surface area (Å²) in [5, 5.41) is 5.35. The standard InChI is InChI=1S/C23H24F3N5O3/c1-14-3-2-4-16(9-14)28-12-19(27)22(33)29-13-20(32)30-5-7-31(8-6-30)23(34)15-10-17(24)21(26)18(25)11-15/h2-4,9-12,28H,5-8,13,27H2,1H3,(H,29,33)/b19-12-. The van der Waals surface area contributed by atoms with Crippen LogP contribution in [0.25, 0.3) is 0 Å². The molecule has 0 saturated carbocycles. The van der Waals surface area contributed by atoms with Crippen molar-refractivity contribution < 1.29 is 27.6 Å². The molecule has 0 spiro atoms. The molecule has 1 aliphatic heterocycles. The number of carbonyl (C=O) groups is 3. The molecule has 0 atom stereocenters. The molecule has 0 bridgehead atoms. The van der Waals surface area contributed by atoms with Crippen LogP contribution < -0.4 is 16.4 Å². The number of halogens is 3. The van der Waals surface area contributed by atoms with Crippen LogP contribution in [0.1, 0.15) is 15.9 Å². The predicted octanol–water partition coefficient (Wildman–Crippen LogP) is 1.73. The third-order valence-electron chi connectivity index (χ3n) is 5.23. The number of carbonyl (C=O) groups excluding carboxylic acids is 3. The van der Waals surface area contributed by atoms with Gasteiger partial charge in [0.05, 0.1) is 6.54 Å². The van der Waals surface area contributed by atoms with E-state index in [9.17, 15) is 27.6 Å². The number of nitrogens with one attached hydrogen (secondary N) is 2. The second-order valence-electron chi connectivity index (χ2n) is 7.72. The molecule has 3 rings (SSSR count). The van der Waals surface area contributed by atoms with Gasteiger partial charge < -0.3 is 26.2 Å². The molecule has 3 amide bonds. The zero-order chi connectivity index (χ0) is 24.8. The molecular formula is C23H24F3N5O3. The van der Waals surface area contributed by atoms with Gasteiger partial charge in [0.25, 0.3) is 11.8 Å². The fourth-order valence-corrected chi connectivity index (χ4v) is 3.35. The Morgan fingerprint density at radius 2 is 1.62 bits per heavy atom. The average Bonchev–Trinajstić information content (AvgIpc) is 2.83. The van der Waals surface area contributed by atoms with E-state index in [1.807, 2.05) is 31.2 Å². The van der Waals surface area contributed by atoms with E-state index in [1.54, 1.807) is 0 Å². The fourth-order valence-electron chi connectivity index (χ4n) is 3.35. The number of aryl methyl sites for hydroxylation is 1. The molecule has 1 heterocycles. The Balaban J connectivity index is 1.46. The van der Waals surface area contributed by atoms with Crippen molar-refractivity contribution in [2.45, 2.75) is 6.92 Å². The maximum Gasteiger partial charge on any atom is 0.269 e. The highest BCUT2D eigenvalue weighted by Crippen LogP contribution is 2.16. The van der Waals surface area contributed by atoms with Crippen LogP contribution in [0.2, 0.25) is 0 Å². The van der Waals surface area contributed by atoms with Gasteiger partial charge in [0.2, 0.25) is 5.91 Å². The van der Waals surface area contributed by atoms with Gasteiger partial charge >= 0.3 is 0 Å². The number of rotatable bonds is 6. The van der Waals surface area contributed by atoms with Gasteiger partial charge in [0.1, 0.15) is 5.70 Å². The van der Waals surface area contributed by atoms with E-state index in [-0.39, 0.29) is 49.9 Å². The van der Waals surface area contributed by atoms with Crippen LogP contribution in [0.5, 0.6) is 0 Å². The molecule has 1 saturated heterocycles. The van der Waals surface area contributed by atoms with E-state index in [1.165, 1.54) is 16.0 Å². The number of hydrogen-bond donors (Lipinski definition) is 3. The summed E-state index contributed by atoms with van der Waals surface area (Å²) in [6, 6.07) is 8.74. The minimum Gasteiger partial charge on any atom is -0.393 e. The lowest BCUT2D eigenvalue weighted by molar-refractivity contribution is -0.133. The average molecular weight is 475 g/mol. The van der Waals surface area contributed by atoms with Crippen molar-refractivity contribution in [1.82, 2.24) is 15.1 Å². The van der Waals surface area contributed by atoms with Gasteiger partial charge in [0.15, 0.2) is 17.5 Å². The third-order valence-corrected chi connectivity index (χ3v) is 5.23. The molecule has 0 aliphatic carbocycles. The smallest absolute Gasteiger partial charge is 0.269 e. The first kappa shape index (κ1) is 24.6. The van der Waals surface area contributed by atoms with Crippen LogP contribution in [0.4, 0.5) is 18.9 Å². The molecule has 0 unspecified atom stereocenters. The van der Waals surface area contributed by atoms with Gasteiger partial charge in [-0.1, -0.05) is 12.1 Å². The number of anilines is 1. The van der Waals surface area contributed by atoms with Crippen molar-refractivity contribution in [1.29, 1.82) is 0 Å². The summed E-state index contributed by atoms with van der Waals surface area (Å²) in [4.78, 5) is 39.8. The topological polar surface area (TPSA) is 108 Å². The van der Waals surface area contributed by atoms with E-state index in [0.717, 1.165) is 11.3 Å². The summed E-state index contributed by atoms with van der Waals surface area (Å²) in [7, 11) is 0. The quantitative estimate of drug-likeness (QED) is 0.436. The van der Waals surface area contributed by atoms with Gasteiger partial charge in [0, 0.05) is 43.6 Å². The summed E-state index contributed by atoms with van der Waals surface area (Å²) in [5.74, 6) is -6.21. The Hall–Kier alpha value is -4.02. The highest BCUT2D eigenvalue weighted by Gasteiger charge is 2.26. The van der Waals surface area contributed by atoms with Gasteiger partial charge in [-0.05, 0) is 36.8 Å². The molecule has 8 nitrogen and oxygen atoms in total. The zero-order valence-electron chi connectivity index (χ0n) is 18.4. The number of benzene rings is 2. The molecule has 1 aliphatic rings. The van der Waals surface area contributed by atoms with E-state index >= 15 is 0 Å². The first-order valence-electron chi connectivity index (χ1n) is 10.4. The third kappa shape index (κ3) is 6.06. The number of nitrogens with two attached hydrogens (primary N) is 1. The number of nitrogens with zero attached hydrogens (tertiary/aromatic N) is 2. The van der Waals surface area contributed by atoms with Crippen LogP contribution in [-0.2, 0) is 9.59 Å². The lowest BCUT2D eigenvalue weighted by Crippen LogP contribution is -2.52. The summed E-state index contributed by atoms with van der Waals surface area (Å²) < 4.78 is 39.9. The number of amides is 3. The van der Waals surface area contributed by atoms with Gasteiger partial charge in [-0.25, -0.2) is 13.2 Å². The second-order valence-corrected chi connectivity index (χ2v) is 7.72. The van der Waals surface area contributed by atoms with Crippen LogP contribution >= 0.6 is 0 Å². The zero-order valence-corrected chi connectivity index (χ0v) is 18.4. The van der Waals surface area contributed by atoms with E-state index in [0.29, 0.717) is 12.1 Å². The van der Waals surface area contributed by atoms with Gasteiger partial charge in [-0.15, -0.1) is 0 Å². The predicted molar refractivity (Wildman–Crippen MR) is 119 cm³/mol. The molecule has 1 fully saturated rings. The van der Waals surface area contributed by atoms with Crippen molar-refractivity contribution in [3.63, 3.8) is 0 Å². The molecule has 0 aromatic heterocycles. The van der Waals surface area contributed by atoms with Crippen molar-refractivity contribution in [2.75, 3.05) is 38.0 Å². The van der Waals surface area contributed by atoms with E-state index in [4.69, 9.17) is 5.73 Å². The minimum atomic E-state index is -1.64. The highest BCUT2D eigenvalue weighted by atomic mass is 19.2. The SMILES string of the molecule is Cc1cccc(N/C=C(\N)C(=O)NCC(=O)N2CCN(C(=O)c3cc(F)c(F)c(F)c3)CC2)c1. The number of hydrogen-bond acceptors (Lipinski definition) is 5. The highest BCUT2D eigenvalue weighted by molar-refractivity contribution is 5.96. The first-order chi connectivity index (χ1) is 16.2. The lowest BCUT2D eigenvalue weighted by Gasteiger charge is -2.34. The van der Waals surface area contributed by atoms with Crippen LogP contribution in [0, 0.1) is 24.4 Å². The molecule has 11 heteroatoms. The van der Waals surface area contributed by atoms with Crippen LogP contribution in [0.15, 0.2) is 48.3 Å². The van der Waals surface area contributed by atoms with Gasteiger partial charge in [-0.3, -0.25) is 14.4 Å². The van der Waals surface area contributed by atoms with E-state index < -0.39 is 29.3 Å². The normalized spacial score (nSPS) is 14.1. The lowest BCUT2D eigenvalue weighted by atomic mass is 10.1.